The first-order valence-corrected chi connectivity index (χ1v) is 5.71. The van der Waals surface area contributed by atoms with Crippen molar-refractivity contribution in [3.05, 3.63) is 0 Å². The van der Waals surface area contributed by atoms with Gasteiger partial charge in [0.2, 0.25) is 0 Å². The Labute approximate surface area is 122 Å². The zero-order valence-electron chi connectivity index (χ0n) is 6.94. The summed E-state index contributed by atoms with van der Waals surface area (Å²) in [6, 6.07) is 0. The maximum absolute atomic E-state index is 8.58. The minimum Gasteiger partial charge on any atom is 1.00 e. The monoisotopic (exact) mass is 401 g/mol. The van der Waals surface area contributed by atoms with E-state index in [-0.39, 0.29) is 51.2 Å². The van der Waals surface area contributed by atoms with Crippen molar-refractivity contribution >= 4 is 0 Å². The smallest absolute Gasteiger partial charge is 1.00 e. The van der Waals surface area contributed by atoms with E-state index in [0.717, 1.165) is 29.8 Å². The van der Waals surface area contributed by atoms with Gasteiger partial charge in [0.1, 0.15) is 0 Å². The number of hydrogen-bond acceptors (Lipinski definition) is 6. The van der Waals surface area contributed by atoms with Gasteiger partial charge >= 0.3 is 123 Å². The van der Waals surface area contributed by atoms with Crippen molar-refractivity contribution in [2.75, 3.05) is 0 Å². The fourth-order valence-electron chi connectivity index (χ4n) is 0.265. The molecule has 10 heteroatoms. The molecule has 0 N–H and O–H groups in total. The molecule has 0 spiro atoms. The molecular weight excluding hydrogens is 403 g/mol. The molecule has 0 unspecified atom stereocenters. The molecule has 0 radical (unpaired) electrons. The van der Waals surface area contributed by atoms with Gasteiger partial charge in [-0.2, -0.15) is 0 Å². The van der Waals surface area contributed by atoms with Gasteiger partial charge in [-0.15, -0.1) is 0 Å². The van der Waals surface area contributed by atoms with E-state index in [0.29, 0.717) is 0 Å². The van der Waals surface area contributed by atoms with E-state index in [1.54, 1.807) is 0 Å². The third kappa shape index (κ3) is 2.23. The molecule has 0 aromatic heterocycles. The molecule has 0 rings (SSSR count). The fourth-order valence-corrected chi connectivity index (χ4v) is 1.09. The van der Waals surface area contributed by atoms with Crippen LogP contribution in [0.5, 0.6) is 0 Å². The molecular formula is C6Cu3FeN6. The van der Waals surface area contributed by atoms with Crippen LogP contribution in [0, 0.1) is 61.4 Å². The predicted molar refractivity (Wildman–Crippen MR) is 33.7 cm³/mol. The Morgan fingerprint density at radius 1 is 0.438 bits per heavy atom. The van der Waals surface area contributed by atoms with Crippen LogP contribution < -0.4 is 0 Å². The van der Waals surface area contributed by atoms with E-state index in [2.05, 4.69) is 0 Å². The quantitative estimate of drug-likeness (QED) is 0.525. The van der Waals surface area contributed by atoms with Gasteiger partial charge in [-0.1, -0.05) is 0 Å². The summed E-state index contributed by atoms with van der Waals surface area (Å²) in [7, 11) is -6.17. The molecule has 0 fully saturated rings. The van der Waals surface area contributed by atoms with Crippen molar-refractivity contribution in [3.63, 3.8) is 0 Å². The van der Waals surface area contributed by atoms with E-state index in [4.69, 9.17) is 31.6 Å². The predicted octanol–water partition coefficient (Wildman–Crippen LogP) is 0.0907. The van der Waals surface area contributed by atoms with Crippen LogP contribution in [0.3, 0.4) is 0 Å². The molecule has 0 aliphatic heterocycles. The van der Waals surface area contributed by atoms with Crippen LogP contribution in [0.1, 0.15) is 0 Å². The SMILES string of the molecule is N#[C][Fe-3]([C]#N)([C]#N)([C]#N)([C]#N)[C]#N.[Cu+].[Cu+].[Cu+]. The van der Waals surface area contributed by atoms with E-state index < -0.39 is 10.7 Å². The molecule has 0 saturated heterocycles. The van der Waals surface area contributed by atoms with E-state index >= 15 is 0 Å². The second-order valence-electron chi connectivity index (χ2n) is 1.80. The van der Waals surface area contributed by atoms with Crippen molar-refractivity contribution in [1.82, 2.24) is 0 Å². The van der Waals surface area contributed by atoms with Gasteiger partial charge in [-0.3, -0.25) is 0 Å². The van der Waals surface area contributed by atoms with Gasteiger partial charge in [0.05, 0.1) is 0 Å². The van der Waals surface area contributed by atoms with Crippen molar-refractivity contribution in [1.29, 1.82) is 31.6 Å². The molecule has 0 atom stereocenters. The Kier molecular flexibility index (Phi) is 9.01. The molecule has 0 aromatic rings. The minimum atomic E-state index is -6.17. The Balaban J connectivity index is -0.000000240. The van der Waals surface area contributed by atoms with Gasteiger partial charge in [0.25, 0.3) is 0 Å². The summed E-state index contributed by atoms with van der Waals surface area (Å²) < 4.78 is 0. The zero-order chi connectivity index (χ0) is 10.7. The number of nitriles is 6. The Morgan fingerprint density at radius 3 is 0.562 bits per heavy atom. The van der Waals surface area contributed by atoms with E-state index in [1.165, 1.54) is 0 Å². The second kappa shape index (κ2) is 5.93. The Bertz CT molecular complexity index is 398. The molecule has 6 nitrogen and oxygen atoms in total. The van der Waals surface area contributed by atoms with Crippen molar-refractivity contribution in [2.45, 2.75) is 0 Å². The number of hydrogen-bond donors (Lipinski definition) is 0. The standard InChI is InChI=1S/6CN.3Cu.Fe/c6*1-2;;;;/q;;;;;;3*+1;-3. The topological polar surface area (TPSA) is 143 Å². The summed E-state index contributed by atoms with van der Waals surface area (Å²) in [4.78, 5) is 6.19. The zero-order valence-corrected chi connectivity index (χ0v) is 10.9. The average molecular weight is 403 g/mol. The van der Waals surface area contributed by atoms with Crippen LogP contribution in [0.25, 0.3) is 0 Å². The molecule has 0 aromatic carbocycles. The first kappa shape index (κ1) is 24.3. The third-order valence-electron chi connectivity index (χ3n) is 1.19. The summed E-state index contributed by atoms with van der Waals surface area (Å²) in [5.41, 5.74) is 0. The summed E-state index contributed by atoms with van der Waals surface area (Å²) in [5.74, 6) is 0. The van der Waals surface area contributed by atoms with Crippen molar-refractivity contribution in [2.24, 2.45) is 0 Å². The maximum atomic E-state index is 8.58. The van der Waals surface area contributed by atoms with Gasteiger partial charge in [0, 0.05) is 0 Å². The molecule has 0 aliphatic carbocycles. The van der Waals surface area contributed by atoms with Crippen molar-refractivity contribution in [3.8, 4) is 29.8 Å². The fraction of sp³-hybridized carbons (Fsp3) is 0. The molecule has 0 bridgehead atoms. The van der Waals surface area contributed by atoms with Crippen molar-refractivity contribution < 1.29 is 61.9 Å². The minimum absolute atomic E-state index is 0. The molecule has 16 heavy (non-hydrogen) atoms. The van der Waals surface area contributed by atoms with Gasteiger partial charge in [0.15, 0.2) is 0 Å². The van der Waals surface area contributed by atoms with Gasteiger partial charge in [-0.25, -0.2) is 0 Å². The van der Waals surface area contributed by atoms with Crippen LogP contribution in [0.4, 0.5) is 0 Å². The van der Waals surface area contributed by atoms with Crippen LogP contribution in [-0.4, -0.2) is 0 Å². The number of rotatable bonds is 0. The molecule has 0 heterocycles. The molecule has 0 aliphatic rings. The van der Waals surface area contributed by atoms with E-state index in [9.17, 15) is 0 Å². The van der Waals surface area contributed by atoms with Crippen LogP contribution >= 0.6 is 0 Å². The number of nitrogens with zero attached hydrogens (tertiary/aromatic N) is 6. The third-order valence-corrected chi connectivity index (χ3v) is 4.89. The van der Waals surface area contributed by atoms with Crippen LogP contribution in [-0.2, 0) is 61.9 Å². The summed E-state index contributed by atoms with van der Waals surface area (Å²) in [6.07, 6.45) is 0. The van der Waals surface area contributed by atoms with Crippen LogP contribution in [0.15, 0.2) is 0 Å². The Hall–Kier alpha value is -0.982. The Morgan fingerprint density at radius 2 is 0.562 bits per heavy atom. The average Bonchev–Trinajstić information content (AvgIpc) is 2.26. The maximum Gasteiger partial charge on any atom is 1.00 e. The first-order chi connectivity index (χ1) is 5.97. The molecule has 95 valence electrons. The largest absolute Gasteiger partial charge is 1.00 e. The molecule has 0 amide bonds. The van der Waals surface area contributed by atoms with E-state index in [1.807, 2.05) is 0 Å². The normalized spacial score (nSPS) is 10.9. The molecule has 0 saturated carbocycles. The van der Waals surface area contributed by atoms with Gasteiger partial charge < -0.3 is 0 Å². The second-order valence-corrected chi connectivity index (χ2v) is 7.42. The first-order valence-electron chi connectivity index (χ1n) is 2.40. The van der Waals surface area contributed by atoms with Gasteiger partial charge in [-0.05, 0) is 0 Å². The summed E-state index contributed by atoms with van der Waals surface area (Å²) in [6.45, 7) is 0. The van der Waals surface area contributed by atoms with Crippen LogP contribution in [0.2, 0.25) is 0 Å². The summed E-state index contributed by atoms with van der Waals surface area (Å²) >= 11 is 0. The summed E-state index contributed by atoms with van der Waals surface area (Å²) in [5, 5.41) is 51.5.